The van der Waals surface area contributed by atoms with Crippen LogP contribution in [0.15, 0.2) is 24.3 Å². The summed E-state index contributed by atoms with van der Waals surface area (Å²) >= 11 is 6.13. The summed E-state index contributed by atoms with van der Waals surface area (Å²) < 4.78 is 0. The molecule has 5 rings (SSSR count). The van der Waals surface area contributed by atoms with Crippen molar-refractivity contribution in [2.45, 2.75) is 50.7 Å². The third-order valence-corrected chi connectivity index (χ3v) is 8.63. The van der Waals surface area contributed by atoms with Gasteiger partial charge in [-0.15, -0.1) is 0 Å². The number of likely N-dealkylation sites (tertiary alicyclic amines) is 2. The van der Waals surface area contributed by atoms with Gasteiger partial charge in [0.15, 0.2) is 5.66 Å². The number of amides is 2. The number of nitrogens with one attached hydrogen (secondary N) is 2. The molecule has 3 aliphatic rings. The van der Waals surface area contributed by atoms with Crippen molar-refractivity contribution in [1.29, 1.82) is 0 Å². The van der Waals surface area contributed by atoms with Crippen LogP contribution in [-0.4, -0.2) is 108 Å². The predicted molar refractivity (Wildman–Crippen MR) is 143 cm³/mol. The van der Waals surface area contributed by atoms with Crippen molar-refractivity contribution in [2.24, 2.45) is 0 Å². The van der Waals surface area contributed by atoms with E-state index < -0.39 is 5.66 Å². The minimum atomic E-state index is -1.08. The summed E-state index contributed by atoms with van der Waals surface area (Å²) in [5.74, 6) is -0.270. The molecule has 2 amide bonds. The first-order valence-electron chi connectivity index (χ1n) is 13.4. The maximum Gasteiger partial charge on any atom is 0.269 e. The number of hydrogen-bond acceptors (Lipinski definition) is 5. The molecule has 36 heavy (non-hydrogen) atoms. The smallest absolute Gasteiger partial charge is 0.269 e. The Bertz CT molecular complexity index is 1080. The molecule has 1 atom stereocenters. The van der Waals surface area contributed by atoms with E-state index >= 15 is 0 Å². The van der Waals surface area contributed by atoms with Crippen LogP contribution in [0.2, 0.25) is 5.02 Å². The van der Waals surface area contributed by atoms with E-state index in [4.69, 9.17) is 11.6 Å². The van der Waals surface area contributed by atoms with Gasteiger partial charge in [-0.1, -0.05) is 18.0 Å². The number of hydrogen-bond donors (Lipinski definition) is 2. The zero-order valence-corrected chi connectivity index (χ0v) is 22.3. The number of H-pyrrole nitrogens is 1. The maximum absolute atomic E-state index is 14.0. The Morgan fingerprint density at radius 1 is 0.972 bits per heavy atom. The number of rotatable bonds is 5. The molecule has 1 aromatic heterocycles. The van der Waals surface area contributed by atoms with E-state index in [-0.39, 0.29) is 11.8 Å². The molecule has 8 nitrogen and oxygen atoms in total. The van der Waals surface area contributed by atoms with Gasteiger partial charge >= 0.3 is 0 Å². The van der Waals surface area contributed by atoms with Crippen LogP contribution in [0.1, 0.15) is 49.5 Å². The molecular formula is C27H39ClN6O2. The van der Waals surface area contributed by atoms with Crippen LogP contribution in [0, 0.1) is 0 Å². The number of carbonyl (C=O) groups excluding carboxylic acids is 2. The summed E-state index contributed by atoms with van der Waals surface area (Å²) in [4.78, 5) is 39.8. The fourth-order valence-corrected chi connectivity index (χ4v) is 6.26. The summed E-state index contributed by atoms with van der Waals surface area (Å²) in [5.41, 5.74) is 0.207. The fraction of sp³-hybridized carbons (Fsp3) is 0.630. The maximum atomic E-state index is 14.0. The number of halogens is 1. The Morgan fingerprint density at radius 3 is 2.36 bits per heavy atom. The highest BCUT2D eigenvalue weighted by molar-refractivity contribution is 6.31. The minimum absolute atomic E-state index is 0.0000620. The van der Waals surface area contributed by atoms with E-state index in [0.29, 0.717) is 29.8 Å². The van der Waals surface area contributed by atoms with Crippen LogP contribution in [0.4, 0.5) is 0 Å². The Hall–Kier alpha value is -2.13. The lowest BCUT2D eigenvalue weighted by Gasteiger charge is -2.47. The first kappa shape index (κ1) is 25.5. The second kappa shape index (κ2) is 10.7. The zero-order chi connectivity index (χ0) is 25.3. The number of fused-ring (bicyclic) bond motifs is 1. The molecule has 3 fully saturated rings. The van der Waals surface area contributed by atoms with Gasteiger partial charge in [-0.05, 0) is 77.0 Å². The van der Waals surface area contributed by atoms with Crippen molar-refractivity contribution in [3.8, 4) is 0 Å². The second-order valence-corrected chi connectivity index (χ2v) is 11.3. The molecule has 0 saturated carbocycles. The van der Waals surface area contributed by atoms with Gasteiger partial charge in [0.25, 0.3) is 11.8 Å². The first-order chi connectivity index (χ1) is 17.3. The monoisotopic (exact) mass is 514 g/mol. The van der Waals surface area contributed by atoms with Gasteiger partial charge in [0.2, 0.25) is 0 Å². The molecule has 0 unspecified atom stereocenters. The quantitative estimate of drug-likeness (QED) is 0.641. The number of piperidine rings is 2. The van der Waals surface area contributed by atoms with E-state index in [1.54, 1.807) is 12.1 Å². The number of carbonyl (C=O) groups is 2. The lowest BCUT2D eigenvalue weighted by molar-refractivity contribution is -0.148. The Kier molecular flexibility index (Phi) is 7.58. The Labute approximate surface area is 218 Å². The number of nitrogens with zero attached hydrogens (tertiary/aromatic N) is 4. The summed E-state index contributed by atoms with van der Waals surface area (Å²) in [6, 6.07) is 7.92. The van der Waals surface area contributed by atoms with Gasteiger partial charge < -0.3 is 20.1 Å². The molecule has 2 N–H and O–H groups in total. The third kappa shape index (κ3) is 5.28. The highest BCUT2D eigenvalue weighted by atomic mass is 35.5. The summed E-state index contributed by atoms with van der Waals surface area (Å²) in [7, 11) is 2.19. The van der Waals surface area contributed by atoms with Crippen molar-refractivity contribution in [3.63, 3.8) is 0 Å². The molecule has 196 valence electrons. The van der Waals surface area contributed by atoms with E-state index in [1.807, 2.05) is 24.0 Å². The van der Waals surface area contributed by atoms with Gasteiger partial charge in [-0.25, -0.2) is 0 Å². The normalized spacial score (nSPS) is 23.0. The molecule has 0 spiro atoms. The van der Waals surface area contributed by atoms with Crippen LogP contribution in [0.25, 0.3) is 10.9 Å². The lowest BCUT2D eigenvalue weighted by Crippen LogP contribution is -2.69. The van der Waals surface area contributed by atoms with Crippen molar-refractivity contribution in [3.05, 3.63) is 35.0 Å². The predicted octanol–water partition coefficient (Wildman–Crippen LogP) is 2.99. The minimum Gasteiger partial charge on any atom is -0.351 e. The molecule has 4 heterocycles. The molecule has 3 saturated heterocycles. The molecule has 3 aliphatic heterocycles. The van der Waals surface area contributed by atoms with Gasteiger partial charge in [0, 0.05) is 61.2 Å². The molecule has 9 heteroatoms. The van der Waals surface area contributed by atoms with Crippen molar-refractivity contribution >= 4 is 34.3 Å². The van der Waals surface area contributed by atoms with Crippen molar-refractivity contribution in [1.82, 2.24) is 29.9 Å². The van der Waals surface area contributed by atoms with Crippen LogP contribution < -0.4 is 5.32 Å². The number of piperazine rings is 1. The van der Waals surface area contributed by atoms with Crippen LogP contribution >= 0.6 is 11.6 Å². The second-order valence-electron chi connectivity index (χ2n) is 10.9. The van der Waals surface area contributed by atoms with Crippen molar-refractivity contribution < 1.29 is 9.59 Å². The highest BCUT2D eigenvalue weighted by Crippen LogP contribution is 2.25. The first-order valence-corrected chi connectivity index (χ1v) is 13.8. The SMILES string of the molecule is CN1CCC(N2CCN(C(=O)[C@@](C)(NC(=O)c3cc4cc(Cl)ccc4[nH]3)N3CCCCC3)CC2)CC1. The fourth-order valence-electron chi connectivity index (χ4n) is 6.08. The summed E-state index contributed by atoms with van der Waals surface area (Å²) in [6.45, 7) is 8.98. The molecule has 1 aromatic carbocycles. The van der Waals surface area contributed by atoms with Gasteiger partial charge in [0.05, 0.1) is 0 Å². The topological polar surface area (TPSA) is 74.9 Å². The zero-order valence-electron chi connectivity index (χ0n) is 21.6. The lowest BCUT2D eigenvalue weighted by atomic mass is 10.0. The van der Waals surface area contributed by atoms with E-state index in [9.17, 15) is 9.59 Å². The largest absolute Gasteiger partial charge is 0.351 e. The summed E-state index contributed by atoms with van der Waals surface area (Å²) in [6.07, 6.45) is 5.62. The van der Waals surface area contributed by atoms with Gasteiger partial charge in [0.1, 0.15) is 5.69 Å². The summed E-state index contributed by atoms with van der Waals surface area (Å²) in [5, 5.41) is 4.65. The third-order valence-electron chi connectivity index (χ3n) is 8.40. The molecular weight excluding hydrogens is 476 g/mol. The van der Waals surface area contributed by atoms with Gasteiger partial charge in [-0.2, -0.15) is 0 Å². The number of aromatic nitrogens is 1. The Morgan fingerprint density at radius 2 is 1.67 bits per heavy atom. The standard InChI is InChI=1S/C27H39ClN6O2/c1-27(34-10-4-3-5-11-34,30-25(35)24-19-20-18-21(28)6-7-23(20)29-24)26(36)33-16-14-32(15-17-33)22-8-12-31(2)13-9-22/h6-7,18-19,22,29H,3-5,8-17H2,1-2H3,(H,30,35)/t27-/m0/s1. The molecule has 0 bridgehead atoms. The van der Waals surface area contributed by atoms with Crippen LogP contribution in [0.5, 0.6) is 0 Å². The molecule has 0 aliphatic carbocycles. The average molecular weight is 515 g/mol. The highest BCUT2D eigenvalue weighted by Gasteiger charge is 2.45. The molecule has 0 radical (unpaired) electrons. The Balaban J connectivity index is 1.30. The van der Waals surface area contributed by atoms with E-state index in [1.165, 1.54) is 12.8 Å². The van der Waals surface area contributed by atoms with Crippen LogP contribution in [-0.2, 0) is 4.79 Å². The van der Waals surface area contributed by atoms with Crippen LogP contribution in [0.3, 0.4) is 0 Å². The average Bonchev–Trinajstić information content (AvgIpc) is 3.33. The molecule has 2 aromatic rings. The van der Waals surface area contributed by atoms with E-state index in [2.05, 4.69) is 32.0 Å². The number of aromatic amines is 1. The van der Waals surface area contributed by atoms with E-state index in [0.717, 1.165) is 69.4 Å². The van der Waals surface area contributed by atoms with Gasteiger partial charge in [-0.3, -0.25) is 19.4 Å². The number of benzene rings is 1. The van der Waals surface area contributed by atoms with Crippen molar-refractivity contribution in [2.75, 3.05) is 59.4 Å².